The van der Waals surface area contributed by atoms with Crippen LogP contribution in [0.3, 0.4) is 0 Å². The van der Waals surface area contributed by atoms with Gasteiger partial charge in [0.15, 0.2) is 11.0 Å². The van der Waals surface area contributed by atoms with Gasteiger partial charge in [0.1, 0.15) is 5.75 Å². The van der Waals surface area contributed by atoms with E-state index in [4.69, 9.17) is 4.74 Å². The Morgan fingerprint density at radius 2 is 1.96 bits per heavy atom. The van der Waals surface area contributed by atoms with Crippen LogP contribution in [0.25, 0.3) is 11.4 Å². The van der Waals surface area contributed by atoms with E-state index in [0.717, 1.165) is 28.0 Å². The average Bonchev–Trinajstić information content (AvgIpc) is 3.05. The van der Waals surface area contributed by atoms with E-state index >= 15 is 0 Å². The second-order valence-corrected chi connectivity index (χ2v) is 7.07. The largest absolute Gasteiger partial charge is 0.496 e. The third-order valence-corrected chi connectivity index (χ3v) is 5.25. The number of aromatic nitrogens is 3. The van der Waals surface area contributed by atoms with Crippen LogP contribution in [0.1, 0.15) is 16.7 Å². The van der Waals surface area contributed by atoms with Gasteiger partial charge in [-0.05, 0) is 37.1 Å². The minimum Gasteiger partial charge on any atom is -0.496 e. The fourth-order valence-electron chi connectivity index (χ4n) is 2.82. The SMILES string of the molecule is C=CCn1c(SCc2cc(C)ccc2C)nnc1-c1ccccc1OC. The first kappa shape index (κ1) is 18.3. The van der Waals surface area contributed by atoms with Crippen molar-refractivity contribution in [1.82, 2.24) is 14.8 Å². The normalized spacial score (nSPS) is 10.7. The van der Waals surface area contributed by atoms with E-state index in [-0.39, 0.29) is 0 Å². The molecule has 0 saturated carbocycles. The van der Waals surface area contributed by atoms with Crippen molar-refractivity contribution < 1.29 is 4.74 Å². The van der Waals surface area contributed by atoms with Crippen LogP contribution in [0, 0.1) is 13.8 Å². The molecule has 0 atom stereocenters. The quantitative estimate of drug-likeness (QED) is 0.434. The van der Waals surface area contributed by atoms with Gasteiger partial charge in [-0.3, -0.25) is 4.57 Å². The number of thioether (sulfide) groups is 1. The Hall–Kier alpha value is -2.53. The molecule has 0 aliphatic carbocycles. The van der Waals surface area contributed by atoms with Gasteiger partial charge in [-0.2, -0.15) is 0 Å². The van der Waals surface area contributed by atoms with Gasteiger partial charge in [0.2, 0.25) is 0 Å². The third-order valence-electron chi connectivity index (χ3n) is 4.24. The third kappa shape index (κ3) is 3.83. The number of rotatable bonds is 7. The van der Waals surface area contributed by atoms with Gasteiger partial charge in [0.05, 0.1) is 12.7 Å². The molecule has 5 heteroatoms. The van der Waals surface area contributed by atoms with Crippen molar-refractivity contribution in [3.63, 3.8) is 0 Å². The molecule has 0 bridgehead atoms. The van der Waals surface area contributed by atoms with Crippen molar-refractivity contribution in [3.8, 4) is 17.1 Å². The Bertz CT molecular complexity index is 917. The summed E-state index contributed by atoms with van der Waals surface area (Å²) in [4.78, 5) is 0. The highest BCUT2D eigenvalue weighted by atomic mass is 32.2. The van der Waals surface area contributed by atoms with Crippen LogP contribution >= 0.6 is 11.8 Å². The van der Waals surface area contributed by atoms with E-state index in [1.54, 1.807) is 18.9 Å². The van der Waals surface area contributed by atoms with Crippen LogP contribution in [-0.4, -0.2) is 21.9 Å². The topological polar surface area (TPSA) is 39.9 Å². The smallest absolute Gasteiger partial charge is 0.192 e. The Labute approximate surface area is 158 Å². The number of allylic oxidation sites excluding steroid dienone is 1. The number of benzene rings is 2. The summed E-state index contributed by atoms with van der Waals surface area (Å²) in [6, 6.07) is 14.4. The van der Waals surface area contributed by atoms with Crippen molar-refractivity contribution in [1.29, 1.82) is 0 Å². The maximum absolute atomic E-state index is 5.49. The number of hydrogen-bond acceptors (Lipinski definition) is 4. The molecule has 0 fully saturated rings. The van der Waals surface area contributed by atoms with Crippen LogP contribution in [0.2, 0.25) is 0 Å². The summed E-state index contributed by atoms with van der Waals surface area (Å²) in [5.74, 6) is 2.44. The van der Waals surface area contributed by atoms with E-state index in [9.17, 15) is 0 Å². The summed E-state index contributed by atoms with van der Waals surface area (Å²) in [5.41, 5.74) is 4.82. The predicted octanol–water partition coefficient (Wildman–Crippen LogP) is 5.05. The van der Waals surface area contributed by atoms with Crippen LogP contribution in [0.5, 0.6) is 5.75 Å². The number of ether oxygens (including phenoxy) is 1. The van der Waals surface area contributed by atoms with Crippen LogP contribution in [0.15, 0.2) is 60.3 Å². The molecule has 1 heterocycles. The highest BCUT2D eigenvalue weighted by molar-refractivity contribution is 7.98. The van der Waals surface area contributed by atoms with Crippen molar-refractivity contribution in [2.75, 3.05) is 7.11 Å². The summed E-state index contributed by atoms with van der Waals surface area (Å²) in [7, 11) is 1.67. The monoisotopic (exact) mass is 365 g/mol. The molecule has 0 saturated heterocycles. The summed E-state index contributed by atoms with van der Waals surface area (Å²) >= 11 is 1.69. The van der Waals surface area contributed by atoms with Gasteiger partial charge >= 0.3 is 0 Å². The van der Waals surface area contributed by atoms with Gasteiger partial charge < -0.3 is 4.74 Å². The van der Waals surface area contributed by atoms with Gasteiger partial charge in [0, 0.05) is 12.3 Å². The number of para-hydroxylation sites is 1. The number of hydrogen-bond donors (Lipinski definition) is 0. The highest BCUT2D eigenvalue weighted by Crippen LogP contribution is 2.32. The number of methoxy groups -OCH3 is 1. The molecule has 0 N–H and O–H groups in total. The zero-order valence-electron chi connectivity index (χ0n) is 15.4. The lowest BCUT2D eigenvalue weighted by Gasteiger charge is -2.11. The van der Waals surface area contributed by atoms with Gasteiger partial charge in [-0.15, -0.1) is 16.8 Å². The van der Waals surface area contributed by atoms with Gasteiger partial charge in [0.25, 0.3) is 0 Å². The van der Waals surface area contributed by atoms with E-state index < -0.39 is 0 Å². The molecule has 4 nitrogen and oxygen atoms in total. The van der Waals surface area contributed by atoms with E-state index in [1.165, 1.54) is 16.7 Å². The lowest BCUT2D eigenvalue weighted by molar-refractivity contribution is 0.416. The molecular weight excluding hydrogens is 342 g/mol. The Kier molecular flexibility index (Phi) is 5.78. The molecule has 2 aromatic carbocycles. The van der Waals surface area contributed by atoms with Crippen molar-refractivity contribution in [3.05, 3.63) is 71.8 Å². The second kappa shape index (κ2) is 8.23. The summed E-state index contributed by atoms with van der Waals surface area (Å²) in [5, 5.41) is 9.74. The van der Waals surface area contributed by atoms with E-state index in [1.807, 2.05) is 30.3 Å². The van der Waals surface area contributed by atoms with Crippen LogP contribution < -0.4 is 4.74 Å². The standard InChI is InChI=1S/C21H23N3OS/c1-5-12-24-20(18-8-6-7-9-19(18)25-4)22-23-21(24)26-14-17-13-15(2)10-11-16(17)3/h5-11,13H,1,12,14H2,2-4H3. The molecule has 0 aliphatic rings. The molecule has 3 aromatic rings. The minimum atomic E-state index is 0.648. The first-order valence-corrected chi connectivity index (χ1v) is 9.49. The maximum atomic E-state index is 5.49. The fraction of sp³-hybridized carbons (Fsp3) is 0.238. The first-order valence-electron chi connectivity index (χ1n) is 8.50. The molecule has 134 valence electrons. The summed E-state index contributed by atoms with van der Waals surface area (Å²) in [6.07, 6.45) is 1.87. The molecule has 3 rings (SSSR count). The van der Waals surface area contributed by atoms with Crippen LogP contribution in [0.4, 0.5) is 0 Å². The fourth-order valence-corrected chi connectivity index (χ4v) is 3.83. The predicted molar refractivity (Wildman–Crippen MR) is 108 cm³/mol. The molecule has 26 heavy (non-hydrogen) atoms. The molecule has 0 aliphatic heterocycles. The Morgan fingerprint density at radius 1 is 1.15 bits per heavy atom. The van der Waals surface area contributed by atoms with Gasteiger partial charge in [-0.1, -0.05) is 53.7 Å². The zero-order chi connectivity index (χ0) is 18.5. The summed E-state index contributed by atoms with van der Waals surface area (Å²) in [6.45, 7) is 8.79. The molecule has 0 radical (unpaired) electrons. The first-order chi connectivity index (χ1) is 12.6. The van der Waals surface area contributed by atoms with Crippen molar-refractivity contribution >= 4 is 11.8 Å². The molecule has 1 aromatic heterocycles. The average molecular weight is 366 g/mol. The lowest BCUT2D eigenvalue weighted by atomic mass is 10.1. The second-order valence-electron chi connectivity index (χ2n) is 6.12. The number of nitrogens with zero attached hydrogens (tertiary/aromatic N) is 3. The van der Waals surface area contributed by atoms with E-state index in [2.05, 4.69) is 53.4 Å². The van der Waals surface area contributed by atoms with E-state index in [0.29, 0.717) is 6.54 Å². The van der Waals surface area contributed by atoms with Crippen molar-refractivity contribution in [2.24, 2.45) is 0 Å². The zero-order valence-corrected chi connectivity index (χ0v) is 16.2. The molecular formula is C21H23N3OS. The number of aryl methyl sites for hydroxylation is 2. The molecule has 0 amide bonds. The summed E-state index contributed by atoms with van der Waals surface area (Å²) < 4.78 is 7.57. The minimum absolute atomic E-state index is 0.648. The van der Waals surface area contributed by atoms with Crippen molar-refractivity contribution in [2.45, 2.75) is 31.3 Å². The molecule has 0 spiro atoms. The Balaban J connectivity index is 1.92. The lowest BCUT2D eigenvalue weighted by Crippen LogP contribution is -2.02. The Morgan fingerprint density at radius 3 is 2.73 bits per heavy atom. The van der Waals surface area contributed by atoms with Gasteiger partial charge in [-0.25, -0.2) is 0 Å². The maximum Gasteiger partial charge on any atom is 0.192 e. The van der Waals surface area contributed by atoms with Crippen LogP contribution in [-0.2, 0) is 12.3 Å². The highest BCUT2D eigenvalue weighted by Gasteiger charge is 2.17. The molecule has 0 unspecified atom stereocenters.